The van der Waals surface area contributed by atoms with E-state index in [1.165, 1.54) is 12.8 Å². The second-order valence-electron chi connectivity index (χ2n) is 11.3. The Kier molecular flexibility index (Phi) is 7.98. The van der Waals surface area contributed by atoms with Gasteiger partial charge in [0.05, 0.1) is 18.2 Å². The summed E-state index contributed by atoms with van der Waals surface area (Å²) in [4.78, 5) is 26.1. The number of nitrogens with one attached hydrogen (secondary N) is 4. The molecular formula is C25H45N5O3. The lowest BCUT2D eigenvalue weighted by Crippen LogP contribution is -2.63. The molecule has 0 spiro atoms. The van der Waals surface area contributed by atoms with Gasteiger partial charge in [0.2, 0.25) is 11.8 Å². The van der Waals surface area contributed by atoms with Crippen molar-refractivity contribution in [3.8, 4) is 0 Å². The molecule has 8 nitrogen and oxygen atoms in total. The number of amides is 2. The van der Waals surface area contributed by atoms with Crippen LogP contribution >= 0.6 is 0 Å². The van der Waals surface area contributed by atoms with E-state index in [2.05, 4.69) is 47.2 Å². The van der Waals surface area contributed by atoms with Crippen molar-refractivity contribution in [2.24, 2.45) is 29.6 Å². The molecule has 8 heteroatoms. The minimum atomic E-state index is -0.149. The van der Waals surface area contributed by atoms with Gasteiger partial charge in [0, 0.05) is 56.1 Å². The van der Waals surface area contributed by atoms with Gasteiger partial charge in [0.25, 0.3) is 0 Å². The fraction of sp³-hybridized carbons (Fsp3) is 0.920. The lowest BCUT2D eigenvalue weighted by molar-refractivity contribution is -0.132. The zero-order chi connectivity index (χ0) is 23.7. The van der Waals surface area contributed by atoms with E-state index in [4.69, 9.17) is 4.74 Å². The first-order chi connectivity index (χ1) is 15.8. The lowest BCUT2D eigenvalue weighted by atomic mass is 9.72. The van der Waals surface area contributed by atoms with E-state index in [1.54, 1.807) is 0 Å². The highest BCUT2D eigenvalue weighted by Crippen LogP contribution is 2.39. The van der Waals surface area contributed by atoms with E-state index in [9.17, 15) is 9.59 Å². The molecule has 4 fully saturated rings. The Balaban J connectivity index is 1.47. The Bertz CT molecular complexity index is 704. The maximum absolute atomic E-state index is 13.6. The molecule has 2 amide bonds. The number of carbonyl (C=O) groups is 2. The predicted octanol–water partition coefficient (Wildman–Crippen LogP) is 1.62. The fourth-order valence-electron chi connectivity index (χ4n) is 6.94. The lowest BCUT2D eigenvalue weighted by Gasteiger charge is -2.46. The summed E-state index contributed by atoms with van der Waals surface area (Å²) in [7, 11) is 1.83. The van der Waals surface area contributed by atoms with Gasteiger partial charge in [-0.15, -0.1) is 0 Å². The van der Waals surface area contributed by atoms with E-state index in [1.807, 2.05) is 14.0 Å². The van der Waals surface area contributed by atoms with Crippen molar-refractivity contribution >= 4 is 11.8 Å². The van der Waals surface area contributed by atoms with Crippen molar-refractivity contribution in [1.29, 1.82) is 0 Å². The second-order valence-corrected chi connectivity index (χ2v) is 11.3. The molecule has 4 rings (SSSR count). The van der Waals surface area contributed by atoms with Crippen LogP contribution in [0.15, 0.2) is 0 Å². The van der Waals surface area contributed by atoms with Crippen molar-refractivity contribution in [3.63, 3.8) is 0 Å². The van der Waals surface area contributed by atoms with E-state index in [-0.39, 0.29) is 59.8 Å². The van der Waals surface area contributed by atoms with Gasteiger partial charge < -0.3 is 15.4 Å². The molecule has 0 radical (unpaired) electrons. The van der Waals surface area contributed by atoms with E-state index in [0.717, 1.165) is 32.2 Å². The Morgan fingerprint density at radius 2 is 1.94 bits per heavy atom. The summed E-state index contributed by atoms with van der Waals surface area (Å²) in [5.41, 5.74) is 3.55. The Morgan fingerprint density at radius 1 is 1.18 bits per heavy atom. The quantitative estimate of drug-likeness (QED) is 0.478. The number of hydrazine groups is 1. The van der Waals surface area contributed by atoms with Crippen LogP contribution in [-0.2, 0) is 14.3 Å². The molecule has 33 heavy (non-hydrogen) atoms. The first kappa shape index (κ1) is 24.9. The largest absolute Gasteiger partial charge is 0.381 e. The highest BCUT2D eigenvalue weighted by Gasteiger charge is 2.50. The summed E-state index contributed by atoms with van der Waals surface area (Å²) >= 11 is 0. The molecule has 1 saturated carbocycles. The smallest absolute Gasteiger partial charge is 0.225 e. The van der Waals surface area contributed by atoms with Crippen molar-refractivity contribution in [2.45, 2.75) is 96.6 Å². The van der Waals surface area contributed by atoms with E-state index < -0.39 is 0 Å². The monoisotopic (exact) mass is 463 g/mol. The Labute approximate surface area is 199 Å². The molecule has 0 bridgehead atoms. The first-order valence-electron chi connectivity index (χ1n) is 13.2. The average molecular weight is 464 g/mol. The average Bonchev–Trinajstić information content (AvgIpc) is 3.21. The molecule has 9 atom stereocenters. The molecule has 3 saturated heterocycles. The van der Waals surface area contributed by atoms with Crippen LogP contribution in [0, 0.1) is 29.6 Å². The summed E-state index contributed by atoms with van der Waals surface area (Å²) in [5, 5.41) is 12.5. The van der Waals surface area contributed by atoms with Gasteiger partial charge in [-0.1, -0.05) is 19.8 Å². The number of piperidine rings is 2. The molecule has 188 valence electrons. The van der Waals surface area contributed by atoms with Gasteiger partial charge in [-0.2, -0.15) is 0 Å². The number of ether oxygens (including phenoxy) is 1. The topological polar surface area (TPSA) is 94.7 Å². The van der Waals surface area contributed by atoms with Crippen molar-refractivity contribution in [3.05, 3.63) is 0 Å². The summed E-state index contributed by atoms with van der Waals surface area (Å²) in [5.74, 6) is 0.873. The Hall–Kier alpha value is -1.22. The van der Waals surface area contributed by atoms with Crippen LogP contribution in [-0.4, -0.2) is 67.4 Å². The zero-order valence-electron chi connectivity index (χ0n) is 21.1. The van der Waals surface area contributed by atoms with Crippen LogP contribution in [0.4, 0.5) is 0 Å². The summed E-state index contributed by atoms with van der Waals surface area (Å²) < 4.78 is 5.88. The maximum atomic E-state index is 13.6. The van der Waals surface area contributed by atoms with Crippen LogP contribution < -0.4 is 21.4 Å². The number of methoxy groups -OCH3 is 1. The van der Waals surface area contributed by atoms with Crippen molar-refractivity contribution in [2.75, 3.05) is 20.2 Å². The number of hydrogen-bond donors (Lipinski definition) is 4. The molecule has 1 aliphatic carbocycles. The molecule has 3 aliphatic heterocycles. The van der Waals surface area contributed by atoms with Gasteiger partial charge in [-0.3, -0.25) is 20.3 Å². The summed E-state index contributed by atoms with van der Waals surface area (Å²) in [6.07, 6.45) is 6.88. The highest BCUT2D eigenvalue weighted by molar-refractivity contribution is 5.83. The van der Waals surface area contributed by atoms with Gasteiger partial charge in [0.1, 0.15) is 0 Å². The summed E-state index contributed by atoms with van der Waals surface area (Å²) in [6.45, 7) is 9.78. The third-order valence-corrected chi connectivity index (χ3v) is 8.72. The van der Waals surface area contributed by atoms with Gasteiger partial charge >= 0.3 is 0 Å². The van der Waals surface area contributed by atoms with Crippen LogP contribution in [0.25, 0.3) is 0 Å². The highest BCUT2D eigenvalue weighted by atomic mass is 16.5. The molecule has 0 aromatic carbocycles. The SMILES string of the molecule is COC1CCCCC1C1CC(C(=O)NCC2C(=O)NC(C)CC2C)C2CNN(C(C)C)C2N1. The molecular weight excluding hydrogens is 418 g/mol. The van der Waals surface area contributed by atoms with Crippen LogP contribution in [0.5, 0.6) is 0 Å². The molecule has 4 N–H and O–H groups in total. The Morgan fingerprint density at radius 3 is 2.64 bits per heavy atom. The number of rotatable bonds is 6. The van der Waals surface area contributed by atoms with E-state index >= 15 is 0 Å². The third kappa shape index (κ3) is 5.24. The molecule has 4 aliphatic rings. The first-order valence-corrected chi connectivity index (χ1v) is 13.2. The minimum Gasteiger partial charge on any atom is -0.381 e. The van der Waals surface area contributed by atoms with Crippen LogP contribution in [0.1, 0.15) is 66.2 Å². The van der Waals surface area contributed by atoms with Crippen molar-refractivity contribution < 1.29 is 14.3 Å². The van der Waals surface area contributed by atoms with Gasteiger partial charge in [0.15, 0.2) is 0 Å². The van der Waals surface area contributed by atoms with Gasteiger partial charge in [-0.25, -0.2) is 5.01 Å². The second kappa shape index (κ2) is 10.6. The standard InChI is InChI=1S/C25H45N5O3/c1-14(2)30-23-20(13-27-30)18(11-21(29-23)17-8-6-7-9-22(17)33-5)24(31)26-12-19-15(3)10-16(4)28-25(19)32/h14-23,27,29H,6-13H2,1-5H3,(H,26,31)(H,28,32). The maximum Gasteiger partial charge on any atom is 0.225 e. The molecule has 3 heterocycles. The van der Waals surface area contributed by atoms with Crippen molar-refractivity contribution in [1.82, 2.24) is 26.4 Å². The fourth-order valence-corrected chi connectivity index (χ4v) is 6.94. The molecule has 0 aromatic rings. The van der Waals surface area contributed by atoms with Crippen LogP contribution in [0.2, 0.25) is 0 Å². The number of hydrogen-bond acceptors (Lipinski definition) is 6. The normalized spacial score (nSPS) is 42.1. The zero-order valence-corrected chi connectivity index (χ0v) is 21.1. The third-order valence-electron chi connectivity index (χ3n) is 8.72. The molecule has 9 unspecified atom stereocenters. The predicted molar refractivity (Wildman–Crippen MR) is 128 cm³/mol. The molecule has 0 aromatic heterocycles. The van der Waals surface area contributed by atoms with E-state index in [0.29, 0.717) is 18.5 Å². The number of carbonyl (C=O) groups excluding carboxylic acids is 2. The minimum absolute atomic E-state index is 0.0706. The number of fused-ring (bicyclic) bond motifs is 1. The number of nitrogens with zero attached hydrogens (tertiary/aromatic N) is 1. The van der Waals surface area contributed by atoms with Gasteiger partial charge in [-0.05, 0) is 52.4 Å². The van der Waals surface area contributed by atoms with Crippen LogP contribution in [0.3, 0.4) is 0 Å². The summed E-state index contributed by atoms with van der Waals surface area (Å²) in [6, 6.07) is 0.806.